The molecule has 10 aromatic rings. The van der Waals surface area contributed by atoms with Crippen LogP contribution in [0.2, 0.25) is 0 Å². The van der Waals surface area contributed by atoms with Crippen molar-refractivity contribution in [3.05, 3.63) is 263 Å². The highest BCUT2D eigenvalue weighted by atomic mass is 16.5. The molecule has 1 spiro atoms. The molecule has 0 fully saturated rings. The Bertz CT molecular complexity index is 3310. The van der Waals surface area contributed by atoms with E-state index in [1.54, 1.807) is 0 Å². The predicted molar refractivity (Wildman–Crippen MR) is 242 cm³/mol. The second kappa shape index (κ2) is 12.0. The average Bonchev–Trinajstić information content (AvgIpc) is 3.78. The molecule has 13 rings (SSSR count). The molecule has 10 aromatic carbocycles. The van der Waals surface area contributed by atoms with Crippen LogP contribution in [0.15, 0.2) is 218 Å². The molecule has 1 heterocycles. The highest BCUT2D eigenvalue weighted by Gasteiger charge is 2.51. The van der Waals surface area contributed by atoms with Crippen LogP contribution in [0.1, 0.15) is 44.5 Å². The fourth-order valence-corrected chi connectivity index (χ4v) is 11.2. The second-order valence-corrected chi connectivity index (χ2v) is 16.3. The summed E-state index contributed by atoms with van der Waals surface area (Å²) < 4.78 is 6.94. The summed E-state index contributed by atoms with van der Waals surface area (Å²) in [6.07, 6.45) is 0. The number of rotatable bonds is 3. The quantitative estimate of drug-likeness (QED) is 0.175. The first kappa shape index (κ1) is 32.6. The predicted octanol–water partition coefficient (Wildman–Crippen LogP) is 14.5. The lowest BCUT2D eigenvalue weighted by Gasteiger charge is -2.40. The SMILES string of the molecule is c1ccc(C2(c3ccc(-c4ccc5c(c4)C4(c6cc7ccccc7cc6O5)c5ccccc5-c5ccccc54)cc3)c3ccccc3-c3c2ccc2ccccc32)cc1. The molecule has 1 heteroatoms. The third kappa shape index (κ3) is 4.24. The molecule has 0 amide bonds. The summed E-state index contributed by atoms with van der Waals surface area (Å²) in [5, 5.41) is 4.94. The smallest absolute Gasteiger partial charge is 0.132 e. The molecule has 59 heavy (non-hydrogen) atoms. The molecule has 0 saturated carbocycles. The van der Waals surface area contributed by atoms with Crippen molar-refractivity contribution in [1.29, 1.82) is 0 Å². The van der Waals surface area contributed by atoms with E-state index in [9.17, 15) is 0 Å². The maximum Gasteiger partial charge on any atom is 0.132 e. The zero-order valence-corrected chi connectivity index (χ0v) is 32.2. The molecule has 0 radical (unpaired) electrons. The van der Waals surface area contributed by atoms with Crippen molar-refractivity contribution in [3.63, 3.8) is 0 Å². The summed E-state index contributed by atoms with van der Waals surface area (Å²) in [5.41, 5.74) is 16.6. The first-order valence-electron chi connectivity index (χ1n) is 20.6. The lowest BCUT2D eigenvalue weighted by atomic mass is 9.65. The molecule has 1 aliphatic heterocycles. The van der Waals surface area contributed by atoms with Crippen LogP contribution in [0.5, 0.6) is 11.5 Å². The van der Waals surface area contributed by atoms with Crippen molar-refractivity contribution in [3.8, 4) is 44.9 Å². The van der Waals surface area contributed by atoms with Crippen LogP contribution in [0.25, 0.3) is 54.9 Å². The maximum absolute atomic E-state index is 6.94. The third-order valence-electron chi connectivity index (χ3n) is 13.6. The normalized spacial score (nSPS) is 16.1. The van der Waals surface area contributed by atoms with E-state index >= 15 is 0 Å². The summed E-state index contributed by atoms with van der Waals surface area (Å²) in [4.78, 5) is 0. The van der Waals surface area contributed by atoms with Crippen molar-refractivity contribution >= 4 is 21.5 Å². The highest BCUT2D eigenvalue weighted by molar-refractivity contribution is 6.04. The summed E-state index contributed by atoms with van der Waals surface area (Å²) in [6.45, 7) is 0. The van der Waals surface area contributed by atoms with Gasteiger partial charge < -0.3 is 4.74 Å². The molecule has 274 valence electrons. The number of fused-ring (bicyclic) bond motifs is 15. The van der Waals surface area contributed by atoms with Crippen LogP contribution in [0.3, 0.4) is 0 Å². The Labute approximate surface area is 343 Å². The number of hydrogen-bond donors (Lipinski definition) is 0. The van der Waals surface area contributed by atoms with Crippen LogP contribution in [-0.4, -0.2) is 0 Å². The van der Waals surface area contributed by atoms with Crippen molar-refractivity contribution in [2.75, 3.05) is 0 Å². The van der Waals surface area contributed by atoms with Gasteiger partial charge in [-0.3, -0.25) is 0 Å². The standard InChI is InChI=1S/C58H36O/c1-2-17-42(18-3-1)57(50-25-13-10-22-47(50)56-44-19-7-6-14-38(44)28-32-51(56)57)43-30-26-37(27-31-43)41-29-33-54-52(35-41)58(53-34-39-15-4-5-16-40(39)36-55(53)59-54)48-23-11-8-20-45(48)46-21-9-12-24-49(46)58/h1-36H. The van der Waals surface area contributed by atoms with Gasteiger partial charge in [0.25, 0.3) is 0 Å². The third-order valence-corrected chi connectivity index (χ3v) is 13.6. The maximum atomic E-state index is 6.94. The minimum absolute atomic E-state index is 0.479. The monoisotopic (exact) mass is 748 g/mol. The minimum Gasteiger partial charge on any atom is -0.457 e. The van der Waals surface area contributed by atoms with Gasteiger partial charge in [-0.1, -0.05) is 194 Å². The van der Waals surface area contributed by atoms with Crippen molar-refractivity contribution in [2.45, 2.75) is 10.8 Å². The van der Waals surface area contributed by atoms with Gasteiger partial charge >= 0.3 is 0 Å². The number of benzene rings is 10. The van der Waals surface area contributed by atoms with Gasteiger partial charge in [-0.05, 0) is 113 Å². The molecule has 0 N–H and O–H groups in total. The summed E-state index contributed by atoms with van der Waals surface area (Å²) in [6, 6.07) is 81.0. The first-order valence-corrected chi connectivity index (χ1v) is 20.6. The highest BCUT2D eigenvalue weighted by Crippen LogP contribution is 2.63. The van der Waals surface area contributed by atoms with E-state index in [0.717, 1.165) is 17.1 Å². The molecule has 1 unspecified atom stereocenters. The molecule has 3 aliphatic rings. The first-order chi connectivity index (χ1) is 29.2. The molecular weight excluding hydrogens is 713 g/mol. The van der Waals surface area contributed by atoms with Gasteiger partial charge in [0.15, 0.2) is 0 Å². The van der Waals surface area contributed by atoms with E-state index in [1.165, 1.54) is 93.9 Å². The van der Waals surface area contributed by atoms with Gasteiger partial charge in [0.1, 0.15) is 11.5 Å². The molecule has 0 saturated heterocycles. The van der Waals surface area contributed by atoms with E-state index in [1.807, 2.05) is 0 Å². The topological polar surface area (TPSA) is 9.23 Å². The fourth-order valence-electron chi connectivity index (χ4n) is 11.2. The van der Waals surface area contributed by atoms with Gasteiger partial charge in [0, 0.05) is 11.1 Å². The summed E-state index contributed by atoms with van der Waals surface area (Å²) in [5.74, 6) is 1.81. The van der Waals surface area contributed by atoms with Gasteiger partial charge in [-0.15, -0.1) is 0 Å². The Morgan fingerprint density at radius 3 is 1.56 bits per heavy atom. The van der Waals surface area contributed by atoms with Gasteiger partial charge in [-0.2, -0.15) is 0 Å². The molecule has 2 aliphatic carbocycles. The molecular formula is C58H36O. The van der Waals surface area contributed by atoms with Crippen LogP contribution in [0.4, 0.5) is 0 Å². The number of hydrogen-bond acceptors (Lipinski definition) is 1. The summed E-state index contributed by atoms with van der Waals surface area (Å²) in [7, 11) is 0. The molecule has 0 aromatic heterocycles. The van der Waals surface area contributed by atoms with E-state index in [4.69, 9.17) is 4.74 Å². The van der Waals surface area contributed by atoms with E-state index in [-0.39, 0.29) is 0 Å². The van der Waals surface area contributed by atoms with Gasteiger partial charge in [0.05, 0.1) is 10.8 Å². The second-order valence-electron chi connectivity index (χ2n) is 16.3. The zero-order valence-electron chi connectivity index (χ0n) is 32.2. The molecule has 1 atom stereocenters. The van der Waals surface area contributed by atoms with Gasteiger partial charge in [0.2, 0.25) is 0 Å². The fraction of sp³-hybridized carbons (Fsp3) is 0.0345. The van der Waals surface area contributed by atoms with E-state index < -0.39 is 10.8 Å². The van der Waals surface area contributed by atoms with E-state index in [2.05, 4.69) is 218 Å². The molecule has 0 bridgehead atoms. The average molecular weight is 749 g/mol. The van der Waals surface area contributed by atoms with E-state index in [0.29, 0.717) is 0 Å². The lowest BCUT2D eigenvalue weighted by Crippen LogP contribution is -2.32. The number of ether oxygens (including phenoxy) is 1. The van der Waals surface area contributed by atoms with Crippen molar-refractivity contribution in [1.82, 2.24) is 0 Å². The Morgan fingerprint density at radius 2 is 0.831 bits per heavy atom. The lowest BCUT2D eigenvalue weighted by molar-refractivity contribution is 0.437. The van der Waals surface area contributed by atoms with Crippen LogP contribution < -0.4 is 4.74 Å². The minimum atomic E-state index is -0.548. The van der Waals surface area contributed by atoms with Crippen molar-refractivity contribution < 1.29 is 4.74 Å². The Morgan fingerprint density at radius 1 is 0.288 bits per heavy atom. The Hall–Kier alpha value is -7.48. The zero-order chi connectivity index (χ0) is 38.7. The Balaban J connectivity index is 1.03. The largest absolute Gasteiger partial charge is 0.457 e. The summed E-state index contributed by atoms with van der Waals surface area (Å²) >= 11 is 0. The van der Waals surface area contributed by atoms with Crippen molar-refractivity contribution in [2.24, 2.45) is 0 Å². The van der Waals surface area contributed by atoms with Crippen LogP contribution in [-0.2, 0) is 10.8 Å². The van der Waals surface area contributed by atoms with Crippen LogP contribution in [0, 0.1) is 0 Å². The Kier molecular flexibility index (Phi) is 6.64. The van der Waals surface area contributed by atoms with Crippen LogP contribution >= 0.6 is 0 Å². The van der Waals surface area contributed by atoms with Gasteiger partial charge in [-0.25, -0.2) is 0 Å². The molecule has 1 nitrogen and oxygen atoms in total.